The summed E-state index contributed by atoms with van der Waals surface area (Å²) >= 11 is 0. The summed E-state index contributed by atoms with van der Waals surface area (Å²) in [6, 6.07) is 0.839. The molecule has 2 aliphatic rings. The van der Waals surface area contributed by atoms with Gasteiger partial charge >= 0.3 is 0 Å². The van der Waals surface area contributed by atoms with Gasteiger partial charge in [0.2, 0.25) is 0 Å². The number of hydrogen-bond acceptors (Lipinski definition) is 1. The van der Waals surface area contributed by atoms with Crippen molar-refractivity contribution >= 4 is 0 Å². The molecule has 12 heavy (non-hydrogen) atoms. The van der Waals surface area contributed by atoms with Crippen molar-refractivity contribution in [2.75, 3.05) is 6.54 Å². The first kappa shape index (κ1) is 8.55. The molecule has 2 rings (SSSR count). The van der Waals surface area contributed by atoms with Crippen molar-refractivity contribution in [1.82, 2.24) is 5.32 Å². The van der Waals surface area contributed by atoms with Gasteiger partial charge in [0.1, 0.15) is 0 Å². The summed E-state index contributed by atoms with van der Waals surface area (Å²) in [6.07, 6.45) is 12.4. The second-order valence-electron chi connectivity index (χ2n) is 4.35. The monoisotopic (exact) mass is 166 g/mol. The van der Waals surface area contributed by atoms with E-state index in [-0.39, 0.29) is 0 Å². The van der Waals surface area contributed by atoms with Gasteiger partial charge in [0.05, 0.1) is 0 Å². The average Bonchev–Trinajstić information content (AvgIpc) is 2.46. The van der Waals surface area contributed by atoms with E-state index in [1.807, 2.05) is 0 Å². The van der Waals surface area contributed by atoms with Gasteiger partial charge in [-0.3, -0.25) is 0 Å². The normalized spacial score (nSPS) is 26.0. The predicted octanol–water partition coefficient (Wildman–Crippen LogP) is 2.52. The molecular formula is C11H20N. The summed E-state index contributed by atoms with van der Waals surface area (Å²) in [5.74, 6) is 1.06. The van der Waals surface area contributed by atoms with Crippen molar-refractivity contribution in [2.45, 2.75) is 51.0 Å². The molecule has 0 aromatic heterocycles. The summed E-state index contributed by atoms with van der Waals surface area (Å²) in [5, 5.41) is 3.61. The molecule has 0 spiro atoms. The maximum absolute atomic E-state index is 3.61. The first-order valence-corrected chi connectivity index (χ1v) is 5.50. The molecule has 1 radical (unpaired) electrons. The van der Waals surface area contributed by atoms with Crippen LogP contribution < -0.4 is 5.32 Å². The van der Waals surface area contributed by atoms with Crippen LogP contribution in [0.1, 0.15) is 44.9 Å². The largest absolute Gasteiger partial charge is 0.314 e. The van der Waals surface area contributed by atoms with Crippen LogP contribution in [0.5, 0.6) is 0 Å². The summed E-state index contributed by atoms with van der Waals surface area (Å²) in [4.78, 5) is 0. The predicted molar refractivity (Wildman–Crippen MR) is 51.9 cm³/mol. The lowest BCUT2D eigenvalue weighted by Gasteiger charge is -2.26. The van der Waals surface area contributed by atoms with Gasteiger partial charge in [0.25, 0.3) is 0 Å². The lowest BCUT2D eigenvalue weighted by molar-refractivity contribution is 0.389. The van der Waals surface area contributed by atoms with E-state index in [0.717, 1.165) is 12.0 Å². The quantitative estimate of drug-likeness (QED) is 0.676. The van der Waals surface area contributed by atoms with Gasteiger partial charge in [0.15, 0.2) is 0 Å². The third-order valence-electron chi connectivity index (χ3n) is 3.36. The Bertz CT molecular complexity index is 123. The summed E-state index contributed by atoms with van der Waals surface area (Å²) in [7, 11) is 0. The minimum atomic E-state index is 0.839. The molecule has 0 aromatic rings. The maximum Gasteiger partial charge on any atom is 0.00725 e. The van der Waals surface area contributed by atoms with E-state index in [1.165, 1.54) is 51.5 Å². The fourth-order valence-corrected chi connectivity index (χ4v) is 2.29. The molecule has 0 amide bonds. The molecule has 0 unspecified atom stereocenters. The molecule has 2 fully saturated rings. The Morgan fingerprint density at radius 3 is 2.50 bits per heavy atom. The molecule has 0 aliphatic heterocycles. The number of hydrogen-bond donors (Lipinski definition) is 1. The Hall–Kier alpha value is -0.0400. The highest BCUT2D eigenvalue weighted by atomic mass is 14.9. The van der Waals surface area contributed by atoms with E-state index in [2.05, 4.69) is 11.7 Å². The lowest BCUT2D eigenvalue weighted by atomic mass is 9.93. The minimum Gasteiger partial charge on any atom is -0.314 e. The number of nitrogens with one attached hydrogen (secondary N) is 1. The highest BCUT2D eigenvalue weighted by Gasteiger charge is 2.18. The van der Waals surface area contributed by atoms with Crippen LogP contribution in [0, 0.1) is 12.3 Å². The van der Waals surface area contributed by atoms with Crippen LogP contribution in [-0.4, -0.2) is 12.6 Å². The molecule has 0 heterocycles. The second kappa shape index (κ2) is 4.27. The van der Waals surface area contributed by atoms with Gasteiger partial charge < -0.3 is 5.32 Å². The zero-order valence-electron chi connectivity index (χ0n) is 7.89. The van der Waals surface area contributed by atoms with Crippen molar-refractivity contribution in [3.05, 3.63) is 6.42 Å². The van der Waals surface area contributed by atoms with Gasteiger partial charge in [-0.25, -0.2) is 0 Å². The molecule has 2 aliphatic carbocycles. The van der Waals surface area contributed by atoms with Crippen LogP contribution in [0.4, 0.5) is 0 Å². The highest BCUT2D eigenvalue weighted by Crippen LogP contribution is 2.27. The van der Waals surface area contributed by atoms with Crippen LogP contribution in [0.2, 0.25) is 0 Å². The molecule has 0 bridgehead atoms. The van der Waals surface area contributed by atoms with Gasteiger partial charge in [-0.05, 0) is 38.1 Å². The van der Waals surface area contributed by atoms with Crippen LogP contribution >= 0.6 is 0 Å². The Balaban J connectivity index is 1.49. The van der Waals surface area contributed by atoms with E-state index in [1.54, 1.807) is 0 Å². The standard InChI is InChI=1S/C11H20N/c1-2-5-10(4-1)8-9-12-11-6-3-7-11/h3,10-12H,1-2,4-9H2. The molecule has 0 aromatic carbocycles. The van der Waals surface area contributed by atoms with Gasteiger partial charge in [0, 0.05) is 6.04 Å². The molecule has 69 valence electrons. The molecular weight excluding hydrogens is 146 g/mol. The van der Waals surface area contributed by atoms with Crippen molar-refractivity contribution < 1.29 is 0 Å². The van der Waals surface area contributed by atoms with E-state index < -0.39 is 0 Å². The Labute approximate surface area is 75.9 Å². The van der Waals surface area contributed by atoms with Crippen molar-refractivity contribution in [3.8, 4) is 0 Å². The van der Waals surface area contributed by atoms with E-state index in [0.29, 0.717) is 0 Å². The van der Waals surface area contributed by atoms with Gasteiger partial charge in [-0.1, -0.05) is 25.7 Å². The van der Waals surface area contributed by atoms with Crippen LogP contribution in [-0.2, 0) is 0 Å². The SMILES string of the molecule is [CH]1CC(NCCC2CCCC2)C1. The maximum atomic E-state index is 3.61. The molecule has 1 heteroatoms. The third kappa shape index (κ3) is 2.22. The molecule has 1 nitrogen and oxygen atoms in total. The van der Waals surface area contributed by atoms with Crippen molar-refractivity contribution in [1.29, 1.82) is 0 Å². The molecule has 0 saturated heterocycles. The van der Waals surface area contributed by atoms with Crippen LogP contribution in [0.25, 0.3) is 0 Å². The summed E-state index contributed by atoms with van der Waals surface area (Å²) in [6.45, 7) is 1.27. The minimum absolute atomic E-state index is 0.839. The van der Waals surface area contributed by atoms with Crippen LogP contribution in [0.3, 0.4) is 0 Å². The number of rotatable bonds is 4. The first-order chi connectivity index (χ1) is 5.95. The van der Waals surface area contributed by atoms with Gasteiger partial charge in [-0.15, -0.1) is 0 Å². The lowest BCUT2D eigenvalue weighted by Crippen LogP contribution is -2.36. The molecule has 0 atom stereocenters. The zero-order chi connectivity index (χ0) is 8.23. The van der Waals surface area contributed by atoms with E-state index in [4.69, 9.17) is 0 Å². The fourth-order valence-electron chi connectivity index (χ4n) is 2.29. The Morgan fingerprint density at radius 1 is 1.17 bits per heavy atom. The Morgan fingerprint density at radius 2 is 1.92 bits per heavy atom. The highest BCUT2D eigenvalue weighted by molar-refractivity contribution is 4.90. The molecule has 2 saturated carbocycles. The van der Waals surface area contributed by atoms with E-state index in [9.17, 15) is 0 Å². The second-order valence-corrected chi connectivity index (χ2v) is 4.35. The summed E-state index contributed by atoms with van der Waals surface area (Å²) in [5.41, 5.74) is 0. The zero-order valence-corrected chi connectivity index (χ0v) is 7.89. The van der Waals surface area contributed by atoms with Crippen LogP contribution in [0.15, 0.2) is 0 Å². The van der Waals surface area contributed by atoms with Gasteiger partial charge in [-0.2, -0.15) is 0 Å². The third-order valence-corrected chi connectivity index (χ3v) is 3.36. The van der Waals surface area contributed by atoms with Crippen molar-refractivity contribution in [2.24, 2.45) is 5.92 Å². The fraction of sp³-hybridized carbons (Fsp3) is 0.909. The Kier molecular flexibility index (Phi) is 3.04. The van der Waals surface area contributed by atoms with E-state index >= 15 is 0 Å². The summed E-state index contributed by atoms with van der Waals surface area (Å²) < 4.78 is 0. The topological polar surface area (TPSA) is 12.0 Å². The average molecular weight is 166 g/mol. The van der Waals surface area contributed by atoms with Crippen molar-refractivity contribution in [3.63, 3.8) is 0 Å². The molecule has 1 N–H and O–H groups in total. The first-order valence-electron chi connectivity index (χ1n) is 5.50. The smallest absolute Gasteiger partial charge is 0.00725 e.